The maximum absolute atomic E-state index is 12.7. The minimum absolute atomic E-state index is 0.292. The Labute approximate surface area is 190 Å². The normalized spacial score (nSPS) is 12.9. The number of H-pyrrole nitrogens is 1. The molecule has 0 aliphatic heterocycles. The summed E-state index contributed by atoms with van der Waals surface area (Å²) in [5.41, 5.74) is 8.82. The summed E-state index contributed by atoms with van der Waals surface area (Å²) < 4.78 is 48.5. The van der Waals surface area contributed by atoms with E-state index in [0.717, 1.165) is 33.8 Å². The first kappa shape index (κ1) is 23.0. The molecule has 0 aliphatic carbocycles. The fraction of sp³-hybridized carbons (Fsp3) is 0.273. The minimum atomic E-state index is -4.36. The second-order valence-corrected chi connectivity index (χ2v) is 8.49. The Balaban J connectivity index is 1.45. The highest BCUT2D eigenvalue weighted by Crippen LogP contribution is 2.35. The molecule has 0 aliphatic rings. The van der Waals surface area contributed by atoms with E-state index < -0.39 is 17.5 Å². The molecule has 0 saturated heterocycles. The van der Waals surface area contributed by atoms with Gasteiger partial charge in [-0.05, 0) is 41.8 Å². The standard InChI is InChI=1S/C22H21F3N4O3S/c1-31-11-17-19(13-4-7-16-18(9-13)32-21(30)29-16)33-20(28-17)27-10-15(26)8-12-2-5-14(6-3-12)22(23,24)25/h2-7,9,15H,8,10-11,26H2,1H3,(H,27,28)(H,29,30). The van der Waals surface area contributed by atoms with Crippen LogP contribution in [0.15, 0.2) is 51.7 Å². The molecule has 4 rings (SSSR count). The number of nitrogens with zero attached hydrogens (tertiary/aromatic N) is 1. The number of oxazole rings is 1. The number of ether oxygens (including phenoxy) is 1. The van der Waals surface area contributed by atoms with Gasteiger partial charge in [0.15, 0.2) is 10.7 Å². The van der Waals surface area contributed by atoms with Gasteiger partial charge in [-0.1, -0.05) is 29.5 Å². The van der Waals surface area contributed by atoms with Gasteiger partial charge in [0.05, 0.1) is 28.3 Å². The van der Waals surface area contributed by atoms with Crippen LogP contribution in [0.4, 0.5) is 18.3 Å². The molecule has 0 spiro atoms. The van der Waals surface area contributed by atoms with E-state index >= 15 is 0 Å². The van der Waals surface area contributed by atoms with Crippen molar-refractivity contribution in [2.24, 2.45) is 5.73 Å². The molecule has 0 bridgehead atoms. The lowest BCUT2D eigenvalue weighted by Crippen LogP contribution is -2.31. The summed E-state index contributed by atoms with van der Waals surface area (Å²) in [5, 5.41) is 3.83. The Kier molecular flexibility index (Phi) is 6.54. The topological polar surface area (TPSA) is 106 Å². The molecule has 0 radical (unpaired) electrons. The van der Waals surface area contributed by atoms with E-state index in [4.69, 9.17) is 14.9 Å². The number of aromatic nitrogens is 2. The average molecular weight is 478 g/mol. The third-order valence-electron chi connectivity index (χ3n) is 4.96. The molecule has 4 aromatic rings. The molecule has 0 amide bonds. The lowest BCUT2D eigenvalue weighted by molar-refractivity contribution is -0.137. The van der Waals surface area contributed by atoms with Gasteiger partial charge in [-0.15, -0.1) is 0 Å². The number of fused-ring (bicyclic) bond motifs is 1. The van der Waals surface area contributed by atoms with E-state index in [1.54, 1.807) is 19.2 Å². The summed E-state index contributed by atoms with van der Waals surface area (Å²) in [6.07, 6.45) is -3.95. The Hall–Kier alpha value is -3.15. The fourth-order valence-corrected chi connectivity index (χ4v) is 4.37. The Morgan fingerprint density at radius 2 is 2.00 bits per heavy atom. The van der Waals surface area contributed by atoms with Crippen LogP contribution in [-0.2, 0) is 23.9 Å². The van der Waals surface area contributed by atoms with Crippen LogP contribution < -0.4 is 16.8 Å². The van der Waals surface area contributed by atoms with E-state index in [1.807, 2.05) is 6.07 Å². The van der Waals surface area contributed by atoms with Crippen molar-refractivity contribution in [3.05, 3.63) is 69.8 Å². The molecule has 7 nitrogen and oxygen atoms in total. The number of anilines is 1. The quantitative estimate of drug-likeness (QED) is 0.347. The molecular formula is C22H21F3N4O3S. The summed E-state index contributed by atoms with van der Waals surface area (Å²) >= 11 is 1.41. The van der Waals surface area contributed by atoms with Gasteiger partial charge in [0.25, 0.3) is 0 Å². The summed E-state index contributed by atoms with van der Waals surface area (Å²) in [5.74, 6) is -0.520. The number of aromatic amines is 1. The van der Waals surface area contributed by atoms with E-state index in [9.17, 15) is 18.0 Å². The van der Waals surface area contributed by atoms with Crippen LogP contribution in [0.1, 0.15) is 16.8 Å². The number of benzene rings is 2. The highest BCUT2D eigenvalue weighted by molar-refractivity contribution is 7.19. The van der Waals surface area contributed by atoms with Crippen molar-refractivity contribution >= 4 is 27.6 Å². The van der Waals surface area contributed by atoms with Gasteiger partial charge in [0, 0.05) is 19.7 Å². The largest absolute Gasteiger partial charge is 0.417 e. The molecule has 4 N–H and O–H groups in total. The number of hydrogen-bond acceptors (Lipinski definition) is 7. The Morgan fingerprint density at radius 1 is 1.24 bits per heavy atom. The minimum Gasteiger partial charge on any atom is -0.408 e. The molecule has 2 aromatic carbocycles. The summed E-state index contributed by atoms with van der Waals surface area (Å²) in [6.45, 7) is 0.673. The first-order chi connectivity index (χ1) is 15.7. The van der Waals surface area contributed by atoms with Gasteiger partial charge in [-0.2, -0.15) is 13.2 Å². The molecule has 1 atom stereocenters. The molecule has 11 heteroatoms. The van der Waals surface area contributed by atoms with E-state index in [2.05, 4.69) is 15.3 Å². The summed E-state index contributed by atoms with van der Waals surface area (Å²) in [7, 11) is 1.57. The molecule has 33 heavy (non-hydrogen) atoms. The van der Waals surface area contributed by atoms with Gasteiger partial charge in [0.2, 0.25) is 0 Å². The smallest absolute Gasteiger partial charge is 0.408 e. The Morgan fingerprint density at radius 3 is 2.70 bits per heavy atom. The molecule has 2 aromatic heterocycles. The number of thiazole rings is 1. The van der Waals surface area contributed by atoms with Crippen molar-refractivity contribution in [2.45, 2.75) is 25.2 Å². The second kappa shape index (κ2) is 9.38. The van der Waals surface area contributed by atoms with Crippen LogP contribution in [-0.4, -0.2) is 29.7 Å². The SMILES string of the molecule is COCc1nc(NCC(N)Cc2ccc(C(F)(F)F)cc2)sc1-c1ccc2[nH]c(=O)oc2c1. The van der Waals surface area contributed by atoms with Gasteiger partial charge < -0.3 is 20.2 Å². The predicted molar refractivity (Wildman–Crippen MR) is 120 cm³/mol. The molecule has 1 unspecified atom stereocenters. The lowest BCUT2D eigenvalue weighted by atomic mass is 10.0. The second-order valence-electron chi connectivity index (χ2n) is 7.49. The number of halogens is 3. The van der Waals surface area contributed by atoms with Crippen LogP contribution in [0.3, 0.4) is 0 Å². The molecule has 174 valence electrons. The van der Waals surface area contributed by atoms with E-state index in [1.165, 1.54) is 23.5 Å². The third-order valence-corrected chi connectivity index (χ3v) is 6.06. The number of hydrogen-bond donors (Lipinski definition) is 3. The number of methoxy groups -OCH3 is 1. The molecule has 2 heterocycles. The first-order valence-electron chi connectivity index (χ1n) is 10.0. The highest BCUT2D eigenvalue weighted by atomic mass is 32.1. The fourth-order valence-electron chi connectivity index (χ4n) is 3.40. The van der Waals surface area contributed by atoms with Crippen LogP contribution in [0, 0.1) is 0 Å². The van der Waals surface area contributed by atoms with Crippen molar-refractivity contribution in [3.8, 4) is 10.4 Å². The number of rotatable bonds is 8. The van der Waals surface area contributed by atoms with Crippen LogP contribution in [0.5, 0.6) is 0 Å². The van der Waals surface area contributed by atoms with E-state index in [0.29, 0.717) is 35.8 Å². The molecular weight excluding hydrogens is 457 g/mol. The highest BCUT2D eigenvalue weighted by Gasteiger charge is 2.30. The zero-order chi connectivity index (χ0) is 23.6. The van der Waals surface area contributed by atoms with Crippen molar-refractivity contribution in [1.82, 2.24) is 9.97 Å². The average Bonchev–Trinajstić information content (AvgIpc) is 3.34. The van der Waals surface area contributed by atoms with Crippen molar-refractivity contribution in [1.29, 1.82) is 0 Å². The zero-order valence-electron chi connectivity index (χ0n) is 17.5. The summed E-state index contributed by atoms with van der Waals surface area (Å²) in [4.78, 5) is 19.5. The van der Waals surface area contributed by atoms with Gasteiger partial charge in [-0.25, -0.2) is 9.78 Å². The number of nitrogens with two attached hydrogens (primary N) is 1. The maximum atomic E-state index is 12.7. The number of alkyl halides is 3. The van der Waals surface area contributed by atoms with Crippen LogP contribution >= 0.6 is 11.3 Å². The zero-order valence-corrected chi connectivity index (χ0v) is 18.3. The van der Waals surface area contributed by atoms with Crippen molar-refractivity contribution in [3.63, 3.8) is 0 Å². The molecule has 0 saturated carbocycles. The monoisotopic (exact) mass is 478 g/mol. The van der Waals surface area contributed by atoms with E-state index in [-0.39, 0.29) is 6.04 Å². The third kappa shape index (κ3) is 5.44. The Bertz CT molecular complexity index is 1290. The maximum Gasteiger partial charge on any atom is 0.417 e. The van der Waals surface area contributed by atoms with Gasteiger partial charge >= 0.3 is 11.9 Å². The van der Waals surface area contributed by atoms with Crippen molar-refractivity contribution < 1.29 is 22.3 Å². The first-order valence-corrected chi connectivity index (χ1v) is 10.8. The van der Waals surface area contributed by atoms with Crippen LogP contribution in [0.25, 0.3) is 21.5 Å². The van der Waals surface area contributed by atoms with Gasteiger partial charge in [0.1, 0.15) is 0 Å². The van der Waals surface area contributed by atoms with Gasteiger partial charge in [-0.3, -0.25) is 4.98 Å². The molecule has 0 fully saturated rings. The summed E-state index contributed by atoms with van der Waals surface area (Å²) in [6, 6.07) is 10.1. The van der Waals surface area contributed by atoms with Crippen LogP contribution in [0.2, 0.25) is 0 Å². The lowest BCUT2D eigenvalue weighted by Gasteiger charge is -2.13. The number of nitrogens with one attached hydrogen (secondary N) is 2. The predicted octanol–water partition coefficient (Wildman–Crippen LogP) is 4.39. The van der Waals surface area contributed by atoms with Crippen molar-refractivity contribution in [2.75, 3.05) is 19.0 Å².